The van der Waals surface area contributed by atoms with Gasteiger partial charge in [0.15, 0.2) is 0 Å². The van der Waals surface area contributed by atoms with Crippen molar-refractivity contribution in [2.75, 3.05) is 0 Å². The van der Waals surface area contributed by atoms with E-state index in [1.54, 1.807) is 0 Å². The summed E-state index contributed by atoms with van der Waals surface area (Å²) in [6.07, 6.45) is 0. The van der Waals surface area contributed by atoms with Crippen LogP contribution in [0.25, 0.3) is 65.3 Å². The Bertz CT molecular complexity index is 2100. The number of phenols is 1. The van der Waals surface area contributed by atoms with Crippen molar-refractivity contribution in [3.05, 3.63) is 97.1 Å². The normalized spacial score (nSPS) is 11.6. The number of hydrogen-bond donors (Lipinski definition) is 1. The standard InChI is InChI=1S/C34H27B5O/c35-30-29(31(36)33(38)34(39)32(30)37)28-24-11-5-3-9-22(24)27(23-10-4-6-12-25(23)28)17-13-14-19-18(15-17)16-26(40)21-8-2-1-7-20(19)21/h1-16,40H,35-39H2. The van der Waals surface area contributed by atoms with Gasteiger partial charge < -0.3 is 5.11 Å². The van der Waals surface area contributed by atoms with E-state index >= 15 is 0 Å². The van der Waals surface area contributed by atoms with Crippen LogP contribution in [0.1, 0.15) is 0 Å². The van der Waals surface area contributed by atoms with Gasteiger partial charge in [0.2, 0.25) is 0 Å². The van der Waals surface area contributed by atoms with Crippen molar-refractivity contribution in [1.29, 1.82) is 0 Å². The smallest absolute Gasteiger partial charge is 0.139 e. The molecule has 1 N–H and O–H groups in total. The molecule has 0 aromatic heterocycles. The molecule has 0 saturated heterocycles. The van der Waals surface area contributed by atoms with Crippen molar-refractivity contribution < 1.29 is 5.11 Å². The fraction of sp³-hybridized carbons (Fsp3) is 0. The van der Waals surface area contributed by atoms with E-state index in [9.17, 15) is 5.11 Å². The molecule has 0 spiro atoms. The minimum Gasteiger partial charge on any atom is -0.507 e. The second-order valence-corrected chi connectivity index (χ2v) is 11.2. The summed E-state index contributed by atoms with van der Waals surface area (Å²) in [7, 11) is 11.3. The average Bonchev–Trinajstić information content (AvgIpc) is 2.98. The van der Waals surface area contributed by atoms with Gasteiger partial charge in [-0.3, -0.25) is 0 Å². The first kappa shape index (κ1) is 24.7. The highest BCUT2D eigenvalue weighted by Gasteiger charge is 2.21. The Morgan fingerprint density at radius 1 is 0.375 bits per heavy atom. The average molecular weight is 506 g/mol. The molecular formula is C34H27B5O. The summed E-state index contributed by atoms with van der Waals surface area (Å²) < 4.78 is 0. The van der Waals surface area contributed by atoms with Crippen LogP contribution >= 0.6 is 0 Å². The van der Waals surface area contributed by atoms with Gasteiger partial charge in [-0.1, -0.05) is 95.9 Å². The lowest BCUT2D eigenvalue weighted by Gasteiger charge is -2.24. The maximum atomic E-state index is 10.9. The van der Waals surface area contributed by atoms with Crippen LogP contribution in [-0.2, 0) is 0 Å². The number of rotatable bonds is 2. The van der Waals surface area contributed by atoms with E-state index in [2.05, 4.69) is 112 Å². The van der Waals surface area contributed by atoms with Gasteiger partial charge in [-0.25, -0.2) is 0 Å². The number of phenolic OH excluding ortho intramolecular Hbond substituents is 1. The first-order chi connectivity index (χ1) is 19.4. The van der Waals surface area contributed by atoms with Gasteiger partial charge in [-0.15, -0.1) is 16.4 Å². The largest absolute Gasteiger partial charge is 0.507 e. The minimum absolute atomic E-state index is 0.321. The quantitative estimate of drug-likeness (QED) is 0.208. The molecule has 7 aromatic carbocycles. The number of fused-ring (bicyclic) bond motifs is 5. The zero-order valence-electron chi connectivity index (χ0n) is 23.7. The molecule has 0 amide bonds. The van der Waals surface area contributed by atoms with Crippen LogP contribution in [0.5, 0.6) is 5.75 Å². The van der Waals surface area contributed by atoms with Gasteiger partial charge >= 0.3 is 0 Å². The third-order valence-electron chi connectivity index (χ3n) is 9.31. The predicted octanol–water partition coefficient (Wildman–Crippen LogP) is 0.631. The van der Waals surface area contributed by atoms with Gasteiger partial charge in [0, 0.05) is 5.39 Å². The lowest BCUT2D eigenvalue weighted by Crippen LogP contribution is -2.55. The Kier molecular flexibility index (Phi) is 5.64. The van der Waals surface area contributed by atoms with Crippen LogP contribution in [0.4, 0.5) is 0 Å². The van der Waals surface area contributed by atoms with Crippen molar-refractivity contribution in [1.82, 2.24) is 0 Å². The molecule has 0 bridgehead atoms. The number of benzene rings is 7. The highest BCUT2D eigenvalue weighted by Crippen LogP contribution is 2.44. The second kappa shape index (κ2) is 9.13. The zero-order chi connectivity index (χ0) is 27.7. The van der Waals surface area contributed by atoms with E-state index in [0.717, 1.165) is 27.1 Å². The monoisotopic (exact) mass is 506 g/mol. The van der Waals surface area contributed by atoms with Gasteiger partial charge in [-0.05, 0) is 72.1 Å². The topological polar surface area (TPSA) is 20.2 Å². The van der Waals surface area contributed by atoms with Crippen molar-refractivity contribution in [3.63, 3.8) is 0 Å². The third kappa shape index (κ3) is 3.49. The van der Waals surface area contributed by atoms with E-state index in [-0.39, 0.29) is 0 Å². The van der Waals surface area contributed by atoms with E-state index < -0.39 is 0 Å². The van der Waals surface area contributed by atoms with Crippen LogP contribution in [0.3, 0.4) is 0 Å². The molecule has 0 atom stereocenters. The second-order valence-electron chi connectivity index (χ2n) is 11.2. The van der Waals surface area contributed by atoms with Crippen molar-refractivity contribution >= 4 is 110 Å². The molecule has 40 heavy (non-hydrogen) atoms. The lowest BCUT2D eigenvalue weighted by atomic mass is 9.59. The predicted molar refractivity (Wildman–Crippen MR) is 190 cm³/mol. The Hall–Kier alpha value is -4.30. The maximum Gasteiger partial charge on any atom is 0.139 e. The van der Waals surface area contributed by atoms with Crippen LogP contribution < -0.4 is 27.3 Å². The Labute approximate surface area is 239 Å². The van der Waals surface area contributed by atoms with E-state index in [4.69, 9.17) is 0 Å². The van der Waals surface area contributed by atoms with Crippen molar-refractivity contribution in [2.24, 2.45) is 0 Å². The molecule has 7 aromatic rings. The van der Waals surface area contributed by atoms with E-state index in [1.165, 1.54) is 65.5 Å². The summed E-state index contributed by atoms with van der Waals surface area (Å²) in [6, 6.07) is 34.4. The highest BCUT2D eigenvalue weighted by atomic mass is 16.3. The minimum atomic E-state index is 0.321. The Morgan fingerprint density at radius 2 is 0.825 bits per heavy atom. The molecule has 184 valence electrons. The molecular weight excluding hydrogens is 478 g/mol. The van der Waals surface area contributed by atoms with Crippen molar-refractivity contribution in [2.45, 2.75) is 0 Å². The fourth-order valence-corrected chi connectivity index (χ4v) is 6.83. The molecule has 7 rings (SSSR count). The summed E-state index contributed by atoms with van der Waals surface area (Å²) in [5, 5.41) is 20.0. The highest BCUT2D eigenvalue weighted by molar-refractivity contribution is 6.69. The summed E-state index contributed by atoms with van der Waals surface area (Å²) in [4.78, 5) is 0. The van der Waals surface area contributed by atoms with Crippen molar-refractivity contribution in [3.8, 4) is 28.0 Å². The van der Waals surface area contributed by atoms with Crippen LogP contribution in [-0.4, -0.2) is 44.3 Å². The molecule has 0 heterocycles. The van der Waals surface area contributed by atoms with Crippen LogP contribution in [0.2, 0.25) is 0 Å². The number of aromatic hydroxyl groups is 1. The summed E-state index contributed by atoms with van der Waals surface area (Å²) >= 11 is 0. The maximum absolute atomic E-state index is 10.9. The first-order valence-corrected chi connectivity index (χ1v) is 14.0. The summed E-state index contributed by atoms with van der Waals surface area (Å²) in [5.74, 6) is 0.321. The third-order valence-corrected chi connectivity index (χ3v) is 9.31. The molecule has 0 aliphatic heterocycles. The molecule has 0 aliphatic rings. The molecule has 0 unspecified atom stereocenters. The van der Waals surface area contributed by atoms with Gasteiger partial charge in [0.05, 0.1) is 0 Å². The Morgan fingerprint density at radius 3 is 1.38 bits per heavy atom. The molecule has 6 heteroatoms. The van der Waals surface area contributed by atoms with Crippen LogP contribution in [0.15, 0.2) is 97.1 Å². The summed E-state index contributed by atoms with van der Waals surface area (Å²) in [5.41, 5.74) is 11.9. The van der Waals surface area contributed by atoms with E-state index in [1.807, 2.05) is 24.3 Å². The molecule has 0 fully saturated rings. The van der Waals surface area contributed by atoms with Gasteiger partial charge in [0.25, 0.3) is 0 Å². The molecule has 1 nitrogen and oxygen atoms in total. The molecule has 0 saturated carbocycles. The molecule has 0 aliphatic carbocycles. The first-order valence-electron chi connectivity index (χ1n) is 14.0. The van der Waals surface area contributed by atoms with Gasteiger partial charge in [-0.2, -0.15) is 0 Å². The van der Waals surface area contributed by atoms with Gasteiger partial charge in [0.1, 0.15) is 45.0 Å². The number of hydrogen-bond acceptors (Lipinski definition) is 1. The Balaban J connectivity index is 1.62. The summed E-state index contributed by atoms with van der Waals surface area (Å²) in [6.45, 7) is 0. The van der Waals surface area contributed by atoms with E-state index in [0.29, 0.717) is 5.75 Å². The zero-order valence-corrected chi connectivity index (χ0v) is 23.7. The lowest BCUT2D eigenvalue weighted by molar-refractivity contribution is 0.482. The SMILES string of the molecule is Bc1c(B)c(B)c(-c2c3ccccc3c(-c3ccc4c(c3)cc(O)c3ccccc34)c3ccccc23)c(B)c1B. The molecule has 0 radical (unpaired) electrons. The fourth-order valence-electron chi connectivity index (χ4n) is 6.83. The van der Waals surface area contributed by atoms with Crippen LogP contribution in [0, 0.1) is 0 Å².